The normalized spacial score (nSPS) is 12.4. The van der Waals surface area contributed by atoms with E-state index >= 15 is 0 Å². The summed E-state index contributed by atoms with van der Waals surface area (Å²) in [6.45, 7) is 7.91. The second kappa shape index (κ2) is 13.5. The molecule has 0 saturated carbocycles. The van der Waals surface area contributed by atoms with Crippen molar-refractivity contribution in [3.05, 3.63) is 101 Å². The third kappa shape index (κ3) is 8.28. The van der Waals surface area contributed by atoms with E-state index in [0.29, 0.717) is 18.8 Å². The second-order valence-electron chi connectivity index (χ2n) is 12.8. The third-order valence-corrected chi connectivity index (χ3v) is 9.54. The fourth-order valence-corrected chi connectivity index (χ4v) is 6.03. The van der Waals surface area contributed by atoms with Crippen LogP contribution < -0.4 is 4.74 Å². The molecule has 0 amide bonds. The number of aromatic nitrogens is 4. The molecular weight excluding hydrogens is 577 g/mol. The Morgan fingerprint density at radius 2 is 1.27 bits per heavy atom. The van der Waals surface area contributed by atoms with Gasteiger partial charge in [0.05, 0.1) is 41.6 Å². The standard InChI is InChI=1S/C37H40N4O3Si/c1-45(2,3)22-21-44-37(42)26-8-16-33(17-9-26)43-20-6-4-5-7-34-35-18-14-31(40-35)24-29-12-10-27(38-29)23-28-11-13-30(39-28)25-32-15-19-36(34)41-32/h8-19,23-25,38-39H,4-7,20-22H2,1-3H3. The van der Waals surface area contributed by atoms with Crippen LogP contribution in [0.5, 0.6) is 5.75 Å². The first kappa shape index (κ1) is 30.3. The van der Waals surface area contributed by atoms with Crippen LogP contribution in [0.3, 0.4) is 0 Å². The number of esters is 1. The molecule has 6 rings (SSSR count). The van der Waals surface area contributed by atoms with E-state index in [4.69, 9.17) is 19.4 Å². The number of H-pyrrole nitrogens is 2. The van der Waals surface area contributed by atoms with Gasteiger partial charge in [-0.15, -0.1) is 0 Å². The maximum absolute atomic E-state index is 12.3. The van der Waals surface area contributed by atoms with Gasteiger partial charge in [-0.1, -0.05) is 19.6 Å². The number of hydrogen-bond donors (Lipinski definition) is 2. The van der Waals surface area contributed by atoms with Crippen LogP contribution in [0.25, 0.3) is 46.4 Å². The Morgan fingerprint density at radius 1 is 0.689 bits per heavy atom. The number of aromatic amines is 2. The van der Waals surface area contributed by atoms with Crippen LogP contribution in [-0.2, 0) is 11.2 Å². The largest absolute Gasteiger partial charge is 0.494 e. The minimum absolute atomic E-state index is 0.273. The molecule has 1 aromatic carbocycles. The van der Waals surface area contributed by atoms with Crippen molar-refractivity contribution in [2.24, 2.45) is 0 Å². The summed E-state index contributed by atoms with van der Waals surface area (Å²) in [5.41, 5.74) is 9.57. The molecule has 4 aromatic rings. The summed E-state index contributed by atoms with van der Waals surface area (Å²) in [6.07, 6.45) is 12.1. The zero-order chi connectivity index (χ0) is 31.2. The predicted molar refractivity (Wildman–Crippen MR) is 187 cm³/mol. The zero-order valence-electron chi connectivity index (χ0n) is 26.2. The van der Waals surface area contributed by atoms with Gasteiger partial charge in [0.15, 0.2) is 0 Å². The van der Waals surface area contributed by atoms with Gasteiger partial charge in [-0.2, -0.15) is 0 Å². The molecule has 0 saturated heterocycles. The van der Waals surface area contributed by atoms with Gasteiger partial charge in [0.1, 0.15) is 5.75 Å². The number of carbonyl (C=O) groups is 1. The van der Waals surface area contributed by atoms with E-state index in [2.05, 4.69) is 96.4 Å². The lowest BCUT2D eigenvalue weighted by Crippen LogP contribution is -2.22. The first-order chi connectivity index (χ1) is 21.8. The van der Waals surface area contributed by atoms with Crippen LogP contribution in [0.4, 0.5) is 0 Å². The minimum atomic E-state index is -1.23. The number of fused-ring (bicyclic) bond motifs is 8. The van der Waals surface area contributed by atoms with E-state index in [1.54, 1.807) is 12.1 Å². The average Bonchev–Trinajstić information content (AvgIpc) is 3.82. The molecule has 3 aromatic heterocycles. The fourth-order valence-electron chi connectivity index (χ4n) is 5.31. The summed E-state index contributed by atoms with van der Waals surface area (Å²) in [4.78, 5) is 29.2. The van der Waals surface area contributed by atoms with E-state index in [-0.39, 0.29) is 5.97 Å². The maximum atomic E-state index is 12.3. The molecule has 2 N–H and O–H groups in total. The topological polar surface area (TPSA) is 92.9 Å². The molecule has 2 aliphatic heterocycles. The molecule has 230 valence electrons. The Bertz CT molecular complexity index is 1800. The third-order valence-electron chi connectivity index (χ3n) is 7.84. The van der Waals surface area contributed by atoms with Crippen molar-refractivity contribution in [3.63, 3.8) is 0 Å². The van der Waals surface area contributed by atoms with Gasteiger partial charge in [-0.05, 0) is 123 Å². The zero-order valence-corrected chi connectivity index (χ0v) is 27.2. The summed E-state index contributed by atoms with van der Waals surface area (Å²) in [6, 6.07) is 22.7. The lowest BCUT2D eigenvalue weighted by molar-refractivity contribution is 0.0525. The molecule has 0 spiro atoms. The Balaban J connectivity index is 1.09. The van der Waals surface area contributed by atoms with E-state index < -0.39 is 8.07 Å². The Kier molecular flexibility index (Phi) is 9.12. The van der Waals surface area contributed by atoms with Gasteiger partial charge in [0.25, 0.3) is 0 Å². The van der Waals surface area contributed by atoms with Crippen LogP contribution in [0.2, 0.25) is 25.7 Å². The van der Waals surface area contributed by atoms with E-state index in [1.807, 2.05) is 12.1 Å². The number of unbranched alkanes of at least 4 members (excludes halogenated alkanes) is 2. The van der Waals surface area contributed by atoms with Crippen LogP contribution >= 0.6 is 0 Å². The highest BCUT2D eigenvalue weighted by Crippen LogP contribution is 2.24. The highest BCUT2D eigenvalue weighted by molar-refractivity contribution is 6.76. The molecule has 7 nitrogen and oxygen atoms in total. The molecular formula is C37H40N4O3Si. The van der Waals surface area contributed by atoms with E-state index in [1.165, 1.54) is 0 Å². The van der Waals surface area contributed by atoms with Crippen LogP contribution in [0, 0.1) is 0 Å². The van der Waals surface area contributed by atoms with Gasteiger partial charge in [-0.3, -0.25) is 0 Å². The molecule has 2 aliphatic rings. The number of nitrogens with one attached hydrogen (secondary N) is 2. The fraction of sp³-hybridized carbons (Fsp3) is 0.270. The quantitative estimate of drug-likeness (QED) is 0.0861. The summed E-state index contributed by atoms with van der Waals surface area (Å²) in [5, 5.41) is 0. The summed E-state index contributed by atoms with van der Waals surface area (Å²) in [5.74, 6) is 0.488. The Hall–Kier alpha value is -4.69. The van der Waals surface area contributed by atoms with Crippen molar-refractivity contribution in [2.75, 3.05) is 13.2 Å². The van der Waals surface area contributed by atoms with Crippen molar-refractivity contribution in [1.29, 1.82) is 0 Å². The number of carbonyl (C=O) groups excluding carboxylic acids is 1. The minimum Gasteiger partial charge on any atom is -0.494 e. The number of ether oxygens (including phenoxy) is 2. The second-order valence-corrected chi connectivity index (χ2v) is 18.4. The summed E-state index contributed by atoms with van der Waals surface area (Å²) in [7, 11) is -1.23. The van der Waals surface area contributed by atoms with E-state index in [9.17, 15) is 4.79 Å². The summed E-state index contributed by atoms with van der Waals surface area (Å²) >= 11 is 0. The van der Waals surface area contributed by atoms with Gasteiger partial charge >= 0.3 is 5.97 Å². The predicted octanol–water partition coefficient (Wildman–Crippen LogP) is 8.94. The molecule has 45 heavy (non-hydrogen) atoms. The molecule has 0 atom stereocenters. The van der Waals surface area contributed by atoms with Crippen molar-refractivity contribution < 1.29 is 14.3 Å². The van der Waals surface area contributed by atoms with Crippen LogP contribution in [-0.4, -0.2) is 47.2 Å². The van der Waals surface area contributed by atoms with Gasteiger partial charge in [0.2, 0.25) is 0 Å². The molecule has 0 radical (unpaired) electrons. The van der Waals surface area contributed by atoms with Gasteiger partial charge in [0, 0.05) is 35.7 Å². The van der Waals surface area contributed by atoms with Crippen LogP contribution in [0.15, 0.2) is 66.7 Å². The molecule has 0 aliphatic carbocycles. The van der Waals surface area contributed by atoms with Gasteiger partial charge in [-0.25, -0.2) is 14.8 Å². The number of nitrogens with zero attached hydrogens (tertiary/aromatic N) is 2. The van der Waals surface area contributed by atoms with Crippen molar-refractivity contribution >= 4 is 60.4 Å². The molecule has 8 heteroatoms. The average molecular weight is 617 g/mol. The van der Waals surface area contributed by atoms with Gasteiger partial charge < -0.3 is 19.4 Å². The monoisotopic (exact) mass is 616 g/mol. The Labute approximate surface area is 265 Å². The lowest BCUT2D eigenvalue weighted by atomic mass is 10.0. The lowest BCUT2D eigenvalue weighted by Gasteiger charge is -2.15. The Morgan fingerprint density at radius 3 is 1.84 bits per heavy atom. The van der Waals surface area contributed by atoms with Crippen molar-refractivity contribution in [1.82, 2.24) is 19.9 Å². The maximum Gasteiger partial charge on any atom is 0.338 e. The molecule has 8 bridgehead atoms. The number of benzene rings is 1. The first-order valence-electron chi connectivity index (χ1n) is 15.7. The van der Waals surface area contributed by atoms with E-state index in [0.717, 1.165) is 87.9 Å². The van der Waals surface area contributed by atoms with Crippen molar-refractivity contribution in [2.45, 2.75) is 51.4 Å². The molecule has 0 unspecified atom stereocenters. The smallest absolute Gasteiger partial charge is 0.338 e. The number of rotatable bonds is 11. The highest BCUT2D eigenvalue weighted by atomic mass is 28.3. The molecule has 0 fully saturated rings. The van der Waals surface area contributed by atoms with Crippen LogP contribution in [0.1, 0.15) is 58.0 Å². The SMILES string of the molecule is C[Si](C)(C)CCOC(=O)c1ccc(OCCCCCc2c3nc(cc4ccc(cc5ccc(cc6nc2C=C6)[nH]5)[nH]4)C=C3)cc1. The molecule has 5 heterocycles. The number of hydrogen-bond acceptors (Lipinski definition) is 5. The first-order valence-corrected chi connectivity index (χ1v) is 19.4. The summed E-state index contributed by atoms with van der Waals surface area (Å²) < 4.78 is 11.4. The van der Waals surface area contributed by atoms with Crippen molar-refractivity contribution in [3.8, 4) is 5.75 Å². The highest BCUT2D eigenvalue weighted by Gasteiger charge is 2.15.